The van der Waals surface area contributed by atoms with Crippen LogP contribution in [-0.4, -0.2) is 42.0 Å². The maximum atomic E-state index is 12.6. The van der Waals surface area contributed by atoms with Gasteiger partial charge < -0.3 is 15.3 Å². The van der Waals surface area contributed by atoms with E-state index in [1.165, 1.54) is 0 Å². The van der Waals surface area contributed by atoms with Crippen molar-refractivity contribution in [2.75, 3.05) is 13.6 Å². The third kappa shape index (κ3) is 3.12. The van der Waals surface area contributed by atoms with Gasteiger partial charge in [-0.05, 0) is 11.6 Å². The highest BCUT2D eigenvalue weighted by atomic mass is 16.2. The van der Waals surface area contributed by atoms with Gasteiger partial charge in [-0.25, -0.2) is 10.4 Å². The van der Waals surface area contributed by atoms with Crippen LogP contribution in [0.5, 0.6) is 0 Å². The zero-order valence-corrected chi connectivity index (χ0v) is 13.9. The van der Waals surface area contributed by atoms with E-state index in [1.54, 1.807) is 11.3 Å². The van der Waals surface area contributed by atoms with Crippen LogP contribution in [0.1, 0.15) is 10.5 Å². The Morgan fingerprint density at radius 2 is 2.04 bits per heavy atom. The Kier molecular flexibility index (Phi) is 3.95. The molecule has 2 aromatic carbocycles. The summed E-state index contributed by atoms with van der Waals surface area (Å²) in [7, 11) is 1.87. The third-order valence-electron chi connectivity index (χ3n) is 4.24. The van der Waals surface area contributed by atoms with Crippen molar-refractivity contribution in [2.24, 2.45) is 4.99 Å². The molecule has 0 unspecified atom stereocenters. The maximum absolute atomic E-state index is 12.6. The number of carbonyl (C=O) groups is 1. The summed E-state index contributed by atoms with van der Waals surface area (Å²) in [5.74, 6) is -0.163. The van der Waals surface area contributed by atoms with Crippen LogP contribution < -0.4 is 10.7 Å². The predicted octanol–water partition coefficient (Wildman–Crippen LogP) is 2.37. The molecule has 0 spiro atoms. The van der Waals surface area contributed by atoms with Gasteiger partial charge in [0.15, 0.2) is 0 Å². The molecule has 0 saturated carbocycles. The lowest BCUT2D eigenvalue weighted by Crippen LogP contribution is -2.49. The number of H-pyrrole nitrogens is 1. The first-order chi connectivity index (χ1) is 12.2. The first-order valence-corrected chi connectivity index (χ1v) is 8.18. The Bertz CT molecular complexity index is 931. The van der Waals surface area contributed by atoms with Gasteiger partial charge in [-0.15, -0.1) is 0 Å². The van der Waals surface area contributed by atoms with Crippen molar-refractivity contribution in [3.8, 4) is 11.1 Å². The molecule has 0 radical (unpaired) electrons. The molecule has 6 nitrogen and oxygen atoms in total. The lowest BCUT2D eigenvalue weighted by Gasteiger charge is -2.24. The van der Waals surface area contributed by atoms with Crippen molar-refractivity contribution in [1.82, 2.24) is 20.7 Å². The van der Waals surface area contributed by atoms with Gasteiger partial charge in [0.25, 0.3) is 5.91 Å². The lowest BCUT2D eigenvalue weighted by molar-refractivity contribution is 0.0928. The van der Waals surface area contributed by atoms with Crippen molar-refractivity contribution in [2.45, 2.75) is 6.17 Å². The second kappa shape index (κ2) is 6.41. The van der Waals surface area contributed by atoms with Crippen molar-refractivity contribution in [3.63, 3.8) is 0 Å². The molecule has 1 amide bonds. The fourth-order valence-electron chi connectivity index (χ4n) is 2.96. The van der Waals surface area contributed by atoms with Gasteiger partial charge in [0.1, 0.15) is 18.2 Å². The highest BCUT2D eigenvalue weighted by Gasteiger charge is 2.17. The first kappa shape index (κ1) is 15.4. The number of aromatic amines is 1. The monoisotopic (exact) mass is 333 g/mol. The summed E-state index contributed by atoms with van der Waals surface area (Å²) < 4.78 is 0. The largest absolute Gasteiger partial charge is 0.350 e. The smallest absolute Gasteiger partial charge is 0.269 e. The van der Waals surface area contributed by atoms with Gasteiger partial charge in [0.2, 0.25) is 0 Å². The molecule has 25 heavy (non-hydrogen) atoms. The minimum Gasteiger partial charge on any atom is -0.350 e. The SMILES string of the molecule is CN1C=N[C@H](NC(=O)c2cc3cccc(-c4ccccc4)c3[nH]2)CN1. The summed E-state index contributed by atoms with van der Waals surface area (Å²) in [5, 5.41) is 5.69. The number of hydrogen-bond acceptors (Lipinski definition) is 4. The van der Waals surface area contributed by atoms with Crippen LogP contribution in [0.3, 0.4) is 0 Å². The zero-order chi connectivity index (χ0) is 17.2. The Labute approximate surface area is 145 Å². The number of para-hydroxylation sites is 1. The summed E-state index contributed by atoms with van der Waals surface area (Å²) in [6, 6.07) is 18.1. The quantitative estimate of drug-likeness (QED) is 0.689. The summed E-state index contributed by atoms with van der Waals surface area (Å²) >= 11 is 0. The van der Waals surface area contributed by atoms with E-state index in [0.29, 0.717) is 12.2 Å². The van der Waals surface area contributed by atoms with Gasteiger partial charge in [-0.1, -0.05) is 48.5 Å². The van der Waals surface area contributed by atoms with Crippen molar-refractivity contribution in [3.05, 3.63) is 60.3 Å². The van der Waals surface area contributed by atoms with Gasteiger partial charge in [-0.2, -0.15) is 0 Å². The molecule has 126 valence electrons. The molecular weight excluding hydrogens is 314 g/mol. The van der Waals surface area contributed by atoms with E-state index >= 15 is 0 Å². The topological polar surface area (TPSA) is 72.5 Å². The van der Waals surface area contributed by atoms with E-state index in [1.807, 2.05) is 43.4 Å². The average Bonchev–Trinajstić information content (AvgIpc) is 3.09. The number of carbonyl (C=O) groups excluding carboxylic acids is 1. The number of aromatic nitrogens is 1. The van der Waals surface area contributed by atoms with Crippen LogP contribution in [0.25, 0.3) is 22.0 Å². The summed E-state index contributed by atoms with van der Waals surface area (Å²) in [4.78, 5) is 20.1. The number of rotatable bonds is 3. The highest BCUT2D eigenvalue weighted by molar-refractivity contribution is 6.02. The average molecular weight is 333 g/mol. The lowest BCUT2D eigenvalue weighted by atomic mass is 10.0. The van der Waals surface area contributed by atoms with Crippen LogP contribution in [0, 0.1) is 0 Å². The number of benzene rings is 2. The van der Waals surface area contributed by atoms with Gasteiger partial charge >= 0.3 is 0 Å². The second-order valence-electron chi connectivity index (χ2n) is 6.05. The van der Waals surface area contributed by atoms with E-state index in [9.17, 15) is 4.79 Å². The molecule has 4 rings (SSSR count). The van der Waals surface area contributed by atoms with Crippen LogP contribution in [0.2, 0.25) is 0 Å². The van der Waals surface area contributed by atoms with Crippen molar-refractivity contribution >= 4 is 23.1 Å². The van der Waals surface area contributed by atoms with Crippen molar-refractivity contribution in [1.29, 1.82) is 0 Å². The number of hydrazine groups is 1. The molecule has 1 aliphatic rings. The number of nitrogens with one attached hydrogen (secondary N) is 3. The number of nitrogens with zero attached hydrogens (tertiary/aromatic N) is 2. The Morgan fingerprint density at radius 1 is 1.20 bits per heavy atom. The molecule has 0 bridgehead atoms. The van der Waals surface area contributed by atoms with Crippen LogP contribution in [-0.2, 0) is 0 Å². The molecule has 0 saturated heterocycles. The third-order valence-corrected chi connectivity index (χ3v) is 4.24. The highest BCUT2D eigenvalue weighted by Crippen LogP contribution is 2.28. The predicted molar refractivity (Wildman–Crippen MR) is 99.2 cm³/mol. The fraction of sp³-hybridized carbons (Fsp3) is 0.158. The minimum absolute atomic E-state index is 0.163. The summed E-state index contributed by atoms with van der Waals surface area (Å²) in [6.07, 6.45) is 1.39. The molecule has 1 aliphatic heterocycles. The molecule has 3 N–H and O–H groups in total. The number of aliphatic imine (C=N–C) groups is 1. The van der Waals surface area contributed by atoms with Crippen LogP contribution in [0.15, 0.2) is 59.6 Å². The molecule has 0 aliphatic carbocycles. The molecule has 1 aromatic heterocycles. The van der Waals surface area contributed by atoms with Crippen LogP contribution >= 0.6 is 0 Å². The van der Waals surface area contributed by atoms with E-state index in [-0.39, 0.29) is 12.1 Å². The number of fused-ring (bicyclic) bond motifs is 1. The standard InChI is InChI=1S/C19H19N5O/c1-24-12-20-17(11-21-24)23-19(25)16-10-14-8-5-9-15(18(14)22-16)13-6-3-2-4-7-13/h2-10,12,17,21-22H,11H2,1H3,(H,23,25)/t17-/m1/s1. The molecule has 6 heteroatoms. The maximum Gasteiger partial charge on any atom is 0.269 e. The Morgan fingerprint density at radius 3 is 2.80 bits per heavy atom. The van der Waals surface area contributed by atoms with E-state index in [4.69, 9.17) is 0 Å². The van der Waals surface area contributed by atoms with Gasteiger partial charge in [-0.3, -0.25) is 4.79 Å². The van der Waals surface area contributed by atoms with E-state index < -0.39 is 0 Å². The summed E-state index contributed by atoms with van der Waals surface area (Å²) in [6.45, 7) is 0.564. The zero-order valence-electron chi connectivity index (χ0n) is 13.9. The van der Waals surface area contributed by atoms with Crippen LogP contribution in [0.4, 0.5) is 0 Å². The molecule has 1 atom stereocenters. The number of amides is 1. The Hall–Kier alpha value is -3.12. The Balaban J connectivity index is 1.63. The van der Waals surface area contributed by atoms with E-state index in [2.05, 4.69) is 38.9 Å². The summed E-state index contributed by atoms with van der Waals surface area (Å²) in [5.41, 5.74) is 6.80. The molecular formula is C19H19N5O. The number of hydrogen-bond donors (Lipinski definition) is 3. The minimum atomic E-state index is -0.274. The van der Waals surface area contributed by atoms with Gasteiger partial charge in [0, 0.05) is 18.0 Å². The van der Waals surface area contributed by atoms with E-state index in [0.717, 1.165) is 22.0 Å². The fourth-order valence-corrected chi connectivity index (χ4v) is 2.96. The first-order valence-electron chi connectivity index (χ1n) is 8.18. The molecule has 2 heterocycles. The molecule has 3 aromatic rings. The normalized spacial score (nSPS) is 17.0. The van der Waals surface area contributed by atoms with Gasteiger partial charge in [0.05, 0.1) is 12.1 Å². The van der Waals surface area contributed by atoms with Crippen molar-refractivity contribution < 1.29 is 4.79 Å². The second-order valence-corrected chi connectivity index (χ2v) is 6.05. The molecule has 0 fully saturated rings.